The lowest BCUT2D eigenvalue weighted by Gasteiger charge is -2.06. The fourth-order valence-electron chi connectivity index (χ4n) is 1.49. The fraction of sp³-hybridized carbons (Fsp3) is 0.200. The zero-order chi connectivity index (χ0) is 10.3. The first-order chi connectivity index (χ1) is 6.61. The molecule has 0 atom stereocenters. The zero-order valence-corrected chi connectivity index (χ0v) is 9.47. The number of rotatable bonds is 1. The van der Waals surface area contributed by atoms with Crippen LogP contribution < -0.4 is 0 Å². The molecular weight excluding hydrogens is 219 g/mol. The van der Waals surface area contributed by atoms with Gasteiger partial charge in [0.15, 0.2) is 0 Å². The Balaban J connectivity index is 2.60. The standard InChI is InChI=1S/C10H10Cl2N2/c1-13-7(3-5-9(13)11)8-4-6-10(12)14(8)2/h3-6H,1-2H3. The van der Waals surface area contributed by atoms with E-state index >= 15 is 0 Å². The molecule has 0 amide bonds. The number of halogens is 2. The first-order valence-electron chi connectivity index (χ1n) is 4.24. The number of aromatic nitrogens is 2. The highest BCUT2D eigenvalue weighted by atomic mass is 35.5. The van der Waals surface area contributed by atoms with Gasteiger partial charge >= 0.3 is 0 Å². The second kappa shape index (κ2) is 3.37. The van der Waals surface area contributed by atoms with Gasteiger partial charge < -0.3 is 9.13 Å². The van der Waals surface area contributed by atoms with Crippen molar-refractivity contribution in [3.8, 4) is 11.4 Å². The van der Waals surface area contributed by atoms with Gasteiger partial charge in [0.05, 0.1) is 11.4 Å². The molecule has 0 unspecified atom stereocenters. The van der Waals surface area contributed by atoms with Crippen LogP contribution in [-0.2, 0) is 14.1 Å². The summed E-state index contributed by atoms with van der Waals surface area (Å²) in [7, 11) is 3.86. The maximum Gasteiger partial charge on any atom is 0.109 e. The van der Waals surface area contributed by atoms with Crippen LogP contribution in [0.4, 0.5) is 0 Å². The van der Waals surface area contributed by atoms with E-state index in [1.54, 1.807) is 0 Å². The van der Waals surface area contributed by atoms with Gasteiger partial charge in [0.2, 0.25) is 0 Å². The molecule has 0 aliphatic rings. The average molecular weight is 229 g/mol. The fourth-order valence-corrected chi connectivity index (χ4v) is 1.80. The molecular formula is C10H10Cl2N2. The summed E-state index contributed by atoms with van der Waals surface area (Å²) in [6, 6.07) is 7.71. The van der Waals surface area contributed by atoms with Crippen LogP contribution in [0.15, 0.2) is 24.3 Å². The largest absolute Gasteiger partial charge is 0.334 e. The Morgan fingerprint density at radius 3 is 1.36 bits per heavy atom. The van der Waals surface area contributed by atoms with Gasteiger partial charge in [-0.25, -0.2) is 0 Å². The maximum absolute atomic E-state index is 5.96. The number of hydrogen-bond acceptors (Lipinski definition) is 0. The van der Waals surface area contributed by atoms with Crippen molar-refractivity contribution in [2.75, 3.05) is 0 Å². The molecule has 0 bridgehead atoms. The molecule has 0 aliphatic heterocycles. The molecule has 14 heavy (non-hydrogen) atoms. The topological polar surface area (TPSA) is 9.86 Å². The summed E-state index contributed by atoms with van der Waals surface area (Å²) in [4.78, 5) is 0. The predicted octanol–water partition coefficient (Wildman–Crippen LogP) is 3.34. The van der Waals surface area contributed by atoms with Crippen LogP contribution in [0.2, 0.25) is 10.3 Å². The van der Waals surface area contributed by atoms with Gasteiger partial charge in [0.25, 0.3) is 0 Å². The highest BCUT2D eigenvalue weighted by Gasteiger charge is 2.09. The molecule has 0 aromatic carbocycles. The molecule has 2 rings (SSSR count). The Hall–Kier alpha value is -0.860. The van der Waals surface area contributed by atoms with Crippen LogP contribution in [0.5, 0.6) is 0 Å². The van der Waals surface area contributed by atoms with Gasteiger partial charge in [-0.15, -0.1) is 0 Å². The molecule has 4 heteroatoms. The molecule has 2 aromatic rings. The summed E-state index contributed by atoms with van der Waals surface area (Å²) in [5, 5.41) is 1.44. The molecule has 0 aliphatic carbocycles. The highest BCUT2D eigenvalue weighted by molar-refractivity contribution is 6.30. The van der Waals surface area contributed by atoms with E-state index in [1.807, 2.05) is 47.5 Å². The monoisotopic (exact) mass is 228 g/mol. The van der Waals surface area contributed by atoms with Crippen LogP contribution in [0, 0.1) is 0 Å². The van der Waals surface area contributed by atoms with Crippen molar-refractivity contribution in [2.24, 2.45) is 14.1 Å². The summed E-state index contributed by atoms with van der Waals surface area (Å²) >= 11 is 11.9. The zero-order valence-electron chi connectivity index (χ0n) is 7.96. The van der Waals surface area contributed by atoms with Gasteiger partial charge in [0.1, 0.15) is 10.3 Å². The molecule has 0 fully saturated rings. The minimum absolute atomic E-state index is 0.720. The van der Waals surface area contributed by atoms with Gasteiger partial charge in [-0.3, -0.25) is 0 Å². The predicted molar refractivity (Wildman–Crippen MR) is 59.8 cm³/mol. The first-order valence-corrected chi connectivity index (χ1v) is 4.99. The Bertz CT molecular complexity index is 424. The van der Waals surface area contributed by atoms with Crippen LogP contribution in [0.1, 0.15) is 0 Å². The van der Waals surface area contributed by atoms with Crippen molar-refractivity contribution in [1.29, 1.82) is 0 Å². The van der Waals surface area contributed by atoms with E-state index in [4.69, 9.17) is 23.2 Å². The first kappa shape index (κ1) is 9.69. The molecule has 0 radical (unpaired) electrons. The van der Waals surface area contributed by atoms with E-state index in [1.165, 1.54) is 0 Å². The minimum atomic E-state index is 0.720. The quantitative estimate of drug-likeness (QED) is 0.709. The Morgan fingerprint density at radius 1 is 0.786 bits per heavy atom. The molecule has 0 saturated heterocycles. The van der Waals surface area contributed by atoms with E-state index in [0.29, 0.717) is 0 Å². The molecule has 2 nitrogen and oxygen atoms in total. The van der Waals surface area contributed by atoms with E-state index in [-0.39, 0.29) is 0 Å². The molecule has 0 spiro atoms. The van der Waals surface area contributed by atoms with E-state index in [2.05, 4.69) is 0 Å². The maximum atomic E-state index is 5.96. The highest BCUT2D eigenvalue weighted by Crippen LogP contribution is 2.26. The summed E-state index contributed by atoms with van der Waals surface area (Å²) in [5.41, 5.74) is 2.12. The van der Waals surface area contributed by atoms with Gasteiger partial charge in [-0.1, -0.05) is 23.2 Å². The summed E-state index contributed by atoms with van der Waals surface area (Å²) in [5.74, 6) is 0. The lowest BCUT2D eigenvalue weighted by atomic mass is 10.3. The van der Waals surface area contributed by atoms with E-state index in [0.717, 1.165) is 21.7 Å². The molecule has 2 heterocycles. The Morgan fingerprint density at radius 2 is 1.14 bits per heavy atom. The van der Waals surface area contributed by atoms with E-state index in [9.17, 15) is 0 Å². The third-order valence-corrected chi connectivity index (χ3v) is 3.14. The summed E-state index contributed by atoms with van der Waals surface area (Å²) in [6.45, 7) is 0. The average Bonchev–Trinajstić information content (AvgIpc) is 2.63. The Kier molecular flexibility index (Phi) is 2.33. The molecule has 0 saturated carbocycles. The minimum Gasteiger partial charge on any atom is -0.334 e. The normalized spacial score (nSPS) is 10.9. The number of hydrogen-bond donors (Lipinski definition) is 0. The smallest absolute Gasteiger partial charge is 0.109 e. The molecule has 2 aromatic heterocycles. The molecule has 74 valence electrons. The van der Waals surface area contributed by atoms with Crippen molar-refractivity contribution in [3.05, 3.63) is 34.6 Å². The van der Waals surface area contributed by atoms with Gasteiger partial charge in [-0.05, 0) is 24.3 Å². The second-order valence-electron chi connectivity index (χ2n) is 3.20. The second-order valence-corrected chi connectivity index (χ2v) is 3.98. The van der Waals surface area contributed by atoms with Crippen molar-refractivity contribution in [2.45, 2.75) is 0 Å². The van der Waals surface area contributed by atoms with Gasteiger partial charge in [-0.2, -0.15) is 0 Å². The van der Waals surface area contributed by atoms with Crippen molar-refractivity contribution in [3.63, 3.8) is 0 Å². The van der Waals surface area contributed by atoms with Crippen molar-refractivity contribution >= 4 is 23.2 Å². The summed E-state index contributed by atoms with van der Waals surface area (Å²) in [6.07, 6.45) is 0. The summed E-state index contributed by atoms with van der Waals surface area (Å²) < 4.78 is 3.85. The number of nitrogens with zero attached hydrogens (tertiary/aromatic N) is 2. The Labute approximate surface area is 92.7 Å². The van der Waals surface area contributed by atoms with Crippen LogP contribution in [0.25, 0.3) is 11.4 Å². The lowest BCUT2D eigenvalue weighted by Crippen LogP contribution is -1.96. The van der Waals surface area contributed by atoms with Crippen LogP contribution in [-0.4, -0.2) is 9.13 Å². The van der Waals surface area contributed by atoms with Crippen molar-refractivity contribution < 1.29 is 0 Å². The van der Waals surface area contributed by atoms with Crippen molar-refractivity contribution in [1.82, 2.24) is 9.13 Å². The SMILES string of the molecule is Cn1c(Cl)ccc1-c1ccc(Cl)n1C. The lowest BCUT2D eigenvalue weighted by molar-refractivity contribution is 0.886. The van der Waals surface area contributed by atoms with Crippen LogP contribution >= 0.6 is 23.2 Å². The van der Waals surface area contributed by atoms with Gasteiger partial charge in [0, 0.05) is 14.1 Å². The molecule has 0 N–H and O–H groups in total. The van der Waals surface area contributed by atoms with Crippen LogP contribution in [0.3, 0.4) is 0 Å². The van der Waals surface area contributed by atoms with E-state index < -0.39 is 0 Å². The third-order valence-electron chi connectivity index (χ3n) is 2.38. The third kappa shape index (κ3) is 1.35.